The summed E-state index contributed by atoms with van der Waals surface area (Å²) in [7, 11) is 0. The average Bonchev–Trinajstić information content (AvgIpc) is 2.60. The summed E-state index contributed by atoms with van der Waals surface area (Å²) in [6.07, 6.45) is 0.919. The highest BCUT2D eigenvalue weighted by molar-refractivity contribution is 7.99. The van der Waals surface area contributed by atoms with E-state index in [0.717, 1.165) is 17.5 Å². The van der Waals surface area contributed by atoms with Gasteiger partial charge in [0.2, 0.25) is 5.91 Å². The topological polar surface area (TPSA) is 58.2 Å². The average molecular weight is 363 g/mol. The molecule has 0 aliphatic heterocycles. The number of thioether (sulfide) groups is 1. The molecular weight excluding hydrogens is 344 g/mol. The Labute approximate surface area is 150 Å². The van der Waals surface area contributed by atoms with Crippen molar-refractivity contribution in [2.24, 2.45) is 0 Å². The Bertz CT molecular complexity index is 704. The number of carbonyl (C=O) groups is 2. The van der Waals surface area contributed by atoms with Crippen molar-refractivity contribution in [3.8, 4) is 0 Å². The van der Waals surface area contributed by atoms with E-state index in [1.54, 1.807) is 12.1 Å². The number of hydrogen-bond donors (Lipinski definition) is 2. The van der Waals surface area contributed by atoms with Crippen LogP contribution in [-0.4, -0.2) is 17.6 Å². The lowest BCUT2D eigenvalue weighted by molar-refractivity contribution is -0.119. The van der Waals surface area contributed by atoms with E-state index < -0.39 is 0 Å². The molecule has 0 unspecified atom stereocenters. The number of hydrazine groups is 1. The predicted octanol–water partition coefficient (Wildman–Crippen LogP) is 3.60. The fraction of sp³-hybridized carbons (Fsp3) is 0.222. The number of rotatable bonds is 6. The van der Waals surface area contributed by atoms with E-state index in [4.69, 9.17) is 11.6 Å². The highest BCUT2D eigenvalue weighted by Crippen LogP contribution is 2.16. The standard InChI is InChI=1S/C18H19ClN2O2S/c1-2-13-6-8-15(9-7-13)18(23)21-20-17(22)12-24-11-14-4-3-5-16(19)10-14/h3-10H,2,11-12H2,1H3,(H,20,22)(H,21,23). The third-order valence-electron chi connectivity index (χ3n) is 3.33. The van der Waals surface area contributed by atoms with Crippen molar-refractivity contribution in [2.75, 3.05) is 5.75 Å². The maximum absolute atomic E-state index is 11.9. The maximum atomic E-state index is 11.9. The molecule has 2 amide bonds. The zero-order valence-corrected chi connectivity index (χ0v) is 14.9. The third-order valence-corrected chi connectivity index (χ3v) is 4.57. The van der Waals surface area contributed by atoms with Crippen molar-refractivity contribution in [3.05, 3.63) is 70.2 Å². The number of carbonyl (C=O) groups excluding carboxylic acids is 2. The van der Waals surface area contributed by atoms with E-state index in [1.807, 2.05) is 36.4 Å². The predicted molar refractivity (Wildman–Crippen MR) is 99.0 cm³/mol. The zero-order chi connectivity index (χ0) is 17.4. The first-order valence-electron chi connectivity index (χ1n) is 7.59. The van der Waals surface area contributed by atoms with Gasteiger partial charge < -0.3 is 0 Å². The molecule has 126 valence electrons. The Hall–Kier alpha value is -1.98. The van der Waals surface area contributed by atoms with Crippen LogP contribution in [-0.2, 0) is 17.0 Å². The fourth-order valence-corrected chi connectivity index (χ4v) is 3.00. The van der Waals surface area contributed by atoms with Gasteiger partial charge in [-0.2, -0.15) is 0 Å². The molecular formula is C18H19ClN2O2S. The molecule has 0 aromatic heterocycles. The molecule has 2 aromatic rings. The molecule has 0 aliphatic rings. The van der Waals surface area contributed by atoms with Crippen LogP contribution in [0.1, 0.15) is 28.4 Å². The van der Waals surface area contributed by atoms with Crippen LogP contribution in [0.25, 0.3) is 0 Å². The first-order chi connectivity index (χ1) is 11.6. The van der Waals surface area contributed by atoms with Gasteiger partial charge in [-0.1, -0.05) is 42.8 Å². The van der Waals surface area contributed by atoms with E-state index in [0.29, 0.717) is 16.3 Å². The van der Waals surface area contributed by atoms with Crippen LogP contribution in [0.15, 0.2) is 48.5 Å². The largest absolute Gasteiger partial charge is 0.272 e. The number of halogens is 1. The van der Waals surface area contributed by atoms with Crippen LogP contribution in [0.4, 0.5) is 0 Å². The lowest BCUT2D eigenvalue weighted by Gasteiger charge is -2.08. The summed E-state index contributed by atoms with van der Waals surface area (Å²) in [4.78, 5) is 23.7. The molecule has 0 radical (unpaired) electrons. The maximum Gasteiger partial charge on any atom is 0.269 e. The van der Waals surface area contributed by atoms with Gasteiger partial charge in [0.05, 0.1) is 5.75 Å². The molecule has 4 nitrogen and oxygen atoms in total. The summed E-state index contributed by atoms with van der Waals surface area (Å²) in [5.41, 5.74) is 7.57. The molecule has 2 aromatic carbocycles. The minimum Gasteiger partial charge on any atom is -0.272 e. The number of nitrogens with one attached hydrogen (secondary N) is 2. The first kappa shape index (κ1) is 18.4. The number of aryl methyl sites for hydroxylation is 1. The highest BCUT2D eigenvalue weighted by atomic mass is 35.5. The number of benzene rings is 2. The number of hydrogen-bond acceptors (Lipinski definition) is 3. The Morgan fingerprint density at radius 2 is 1.79 bits per heavy atom. The van der Waals surface area contributed by atoms with Gasteiger partial charge in [0.15, 0.2) is 0 Å². The monoisotopic (exact) mass is 362 g/mol. The molecule has 0 atom stereocenters. The van der Waals surface area contributed by atoms with E-state index in [2.05, 4.69) is 17.8 Å². The second-order valence-electron chi connectivity index (χ2n) is 5.18. The third kappa shape index (κ3) is 5.91. The van der Waals surface area contributed by atoms with Crippen molar-refractivity contribution in [1.29, 1.82) is 0 Å². The highest BCUT2D eigenvalue weighted by Gasteiger charge is 2.07. The van der Waals surface area contributed by atoms with Crippen LogP contribution in [0.5, 0.6) is 0 Å². The zero-order valence-electron chi connectivity index (χ0n) is 13.3. The molecule has 0 aliphatic carbocycles. The second-order valence-corrected chi connectivity index (χ2v) is 6.60. The van der Waals surface area contributed by atoms with Gasteiger partial charge in [-0.05, 0) is 41.8 Å². The Kier molecular flexibility index (Phi) is 7.15. The van der Waals surface area contributed by atoms with Gasteiger partial charge >= 0.3 is 0 Å². The summed E-state index contributed by atoms with van der Waals surface area (Å²) >= 11 is 7.37. The normalized spacial score (nSPS) is 10.2. The van der Waals surface area contributed by atoms with E-state index in [1.165, 1.54) is 11.8 Å². The Balaban J connectivity index is 1.71. The molecule has 0 spiro atoms. The van der Waals surface area contributed by atoms with Gasteiger partial charge in [-0.15, -0.1) is 11.8 Å². The molecule has 0 heterocycles. The van der Waals surface area contributed by atoms with E-state index >= 15 is 0 Å². The van der Waals surface area contributed by atoms with Crippen molar-refractivity contribution in [2.45, 2.75) is 19.1 Å². The second kappa shape index (κ2) is 9.35. The summed E-state index contributed by atoms with van der Waals surface area (Å²) < 4.78 is 0. The van der Waals surface area contributed by atoms with E-state index in [-0.39, 0.29) is 17.6 Å². The first-order valence-corrected chi connectivity index (χ1v) is 9.12. The van der Waals surface area contributed by atoms with Crippen LogP contribution in [0.2, 0.25) is 5.02 Å². The molecule has 0 bridgehead atoms. The van der Waals surface area contributed by atoms with Crippen LogP contribution >= 0.6 is 23.4 Å². The molecule has 24 heavy (non-hydrogen) atoms. The lowest BCUT2D eigenvalue weighted by atomic mass is 10.1. The van der Waals surface area contributed by atoms with Crippen LogP contribution in [0, 0.1) is 0 Å². The minimum absolute atomic E-state index is 0.249. The Morgan fingerprint density at radius 1 is 1.04 bits per heavy atom. The summed E-state index contributed by atoms with van der Waals surface area (Å²) in [6, 6.07) is 14.8. The summed E-state index contributed by atoms with van der Waals surface area (Å²) in [5, 5.41) is 0.680. The molecule has 0 saturated carbocycles. The van der Waals surface area contributed by atoms with Gasteiger partial charge in [-0.25, -0.2) is 0 Å². The van der Waals surface area contributed by atoms with Crippen LogP contribution in [0.3, 0.4) is 0 Å². The fourth-order valence-electron chi connectivity index (χ4n) is 2.01. The SMILES string of the molecule is CCc1ccc(C(=O)NNC(=O)CSCc2cccc(Cl)c2)cc1. The van der Waals surface area contributed by atoms with Gasteiger partial charge in [-0.3, -0.25) is 20.4 Å². The van der Waals surface area contributed by atoms with E-state index in [9.17, 15) is 9.59 Å². The van der Waals surface area contributed by atoms with Gasteiger partial charge in [0, 0.05) is 16.3 Å². The number of amides is 2. The quantitative estimate of drug-likeness (QED) is 0.772. The minimum atomic E-state index is -0.328. The van der Waals surface area contributed by atoms with Gasteiger partial charge in [0.1, 0.15) is 0 Å². The van der Waals surface area contributed by atoms with Crippen LogP contribution < -0.4 is 10.9 Å². The smallest absolute Gasteiger partial charge is 0.269 e. The molecule has 6 heteroatoms. The molecule has 0 fully saturated rings. The summed E-state index contributed by atoms with van der Waals surface area (Å²) in [5.74, 6) is 0.355. The molecule has 0 saturated heterocycles. The van der Waals surface area contributed by atoms with Crippen molar-refractivity contribution in [1.82, 2.24) is 10.9 Å². The lowest BCUT2D eigenvalue weighted by Crippen LogP contribution is -2.42. The molecule has 2 N–H and O–H groups in total. The molecule has 2 rings (SSSR count). The van der Waals surface area contributed by atoms with Crippen molar-refractivity contribution >= 4 is 35.2 Å². The Morgan fingerprint density at radius 3 is 2.46 bits per heavy atom. The van der Waals surface area contributed by atoms with Crippen molar-refractivity contribution in [3.63, 3.8) is 0 Å². The van der Waals surface area contributed by atoms with Gasteiger partial charge in [0.25, 0.3) is 5.91 Å². The summed E-state index contributed by atoms with van der Waals surface area (Å²) in [6.45, 7) is 2.05. The van der Waals surface area contributed by atoms with Crippen molar-refractivity contribution < 1.29 is 9.59 Å².